The zero-order valence-corrected chi connectivity index (χ0v) is 14.5. The number of hydrogen-bond acceptors (Lipinski definition) is 2. The number of aliphatic imine (C=N–C) groups is 1. The van der Waals surface area contributed by atoms with Gasteiger partial charge in [0.25, 0.3) is 0 Å². The topological polar surface area (TPSA) is 15.6 Å². The summed E-state index contributed by atoms with van der Waals surface area (Å²) in [7, 11) is 2.14. The van der Waals surface area contributed by atoms with Crippen LogP contribution in [0.25, 0.3) is 0 Å². The van der Waals surface area contributed by atoms with Crippen LogP contribution in [0.15, 0.2) is 89.9 Å². The first-order chi connectivity index (χ1) is 12.3. The lowest BCUT2D eigenvalue weighted by atomic mass is 9.95. The van der Waals surface area contributed by atoms with Crippen molar-refractivity contribution in [2.45, 2.75) is 19.0 Å². The van der Waals surface area contributed by atoms with Crippen LogP contribution in [0, 0.1) is 0 Å². The van der Waals surface area contributed by atoms with Crippen LogP contribution in [0.2, 0.25) is 0 Å². The van der Waals surface area contributed by atoms with Crippen LogP contribution in [-0.2, 0) is 13.0 Å². The highest BCUT2D eigenvalue weighted by Gasteiger charge is 2.23. The first-order valence-corrected chi connectivity index (χ1v) is 8.76. The molecule has 0 radical (unpaired) electrons. The number of rotatable bonds is 3. The Morgan fingerprint density at radius 3 is 2.24 bits per heavy atom. The molecule has 124 valence electrons. The third-order valence-electron chi connectivity index (χ3n) is 4.80. The summed E-state index contributed by atoms with van der Waals surface area (Å²) in [6.07, 6.45) is 0.856. The number of amidine groups is 1. The molecule has 3 aromatic carbocycles. The molecule has 0 amide bonds. The van der Waals surface area contributed by atoms with Crippen LogP contribution >= 0.6 is 0 Å². The maximum atomic E-state index is 5.21. The van der Waals surface area contributed by atoms with Crippen LogP contribution in [0.1, 0.15) is 28.3 Å². The predicted molar refractivity (Wildman–Crippen MR) is 104 cm³/mol. The van der Waals surface area contributed by atoms with E-state index in [0.717, 1.165) is 18.8 Å². The van der Waals surface area contributed by atoms with Crippen LogP contribution < -0.4 is 0 Å². The molecule has 2 nitrogen and oxygen atoms in total. The first kappa shape index (κ1) is 15.6. The van der Waals surface area contributed by atoms with Gasteiger partial charge in [0.15, 0.2) is 0 Å². The van der Waals surface area contributed by atoms with Gasteiger partial charge in [-0.3, -0.25) is 4.99 Å². The van der Waals surface area contributed by atoms with Gasteiger partial charge in [0.05, 0.1) is 0 Å². The minimum atomic E-state index is 0.0565. The molecule has 4 rings (SSSR count). The maximum Gasteiger partial charge on any atom is 0.105 e. The lowest BCUT2D eigenvalue weighted by molar-refractivity contribution is 0.494. The second-order valence-corrected chi connectivity index (χ2v) is 6.58. The van der Waals surface area contributed by atoms with Gasteiger partial charge in [0, 0.05) is 20.0 Å². The molecular formula is C23H22N2. The van der Waals surface area contributed by atoms with Gasteiger partial charge in [-0.15, -0.1) is 0 Å². The van der Waals surface area contributed by atoms with Crippen LogP contribution in [0.4, 0.5) is 0 Å². The average molecular weight is 326 g/mol. The highest BCUT2D eigenvalue weighted by molar-refractivity contribution is 5.85. The summed E-state index contributed by atoms with van der Waals surface area (Å²) in [5.74, 6) is 1.14. The molecule has 1 atom stereocenters. The Bertz CT molecular complexity index is 869. The van der Waals surface area contributed by atoms with E-state index in [0.29, 0.717) is 0 Å². The van der Waals surface area contributed by atoms with Gasteiger partial charge < -0.3 is 4.90 Å². The molecule has 1 aliphatic rings. The zero-order chi connectivity index (χ0) is 17.1. The number of fused-ring (bicyclic) bond motifs is 1. The van der Waals surface area contributed by atoms with E-state index < -0.39 is 0 Å². The SMILES string of the molecule is CN1Cc2ccccc2[C@H](c2ccccc2)N=C1Cc1ccccc1. The van der Waals surface area contributed by atoms with Gasteiger partial charge in [-0.25, -0.2) is 0 Å². The third kappa shape index (κ3) is 3.34. The number of nitrogens with zero attached hydrogens (tertiary/aromatic N) is 2. The average Bonchev–Trinajstić information content (AvgIpc) is 2.80. The van der Waals surface area contributed by atoms with E-state index in [1.807, 2.05) is 0 Å². The summed E-state index contributed by atoms with van der Waals surface area (Å²) in [4.78, 5) is 7.49. The highest BCUT2D eigenvalue weighted by Crippen LogP contribution is 2.32. The van der Waals surface area contributed by atoms with Crippen molar-refractivity contribution in [3.8, 4) is 0 Å². The molecule has 1 heterocycles. The smallest absolute Gasteiger partial charge is 0.105 e. The highest BCUT2D eigenvalue weighted by atomic mass is 15.2. The van der Waals surface area contributed by atoms with Crippen molar-refractivity contribution in [1.29, 1.82) is 0 Å². The van der Waals surface area contributed by atoms with Crippen molar-refractivity contribution in [3.05, 3.63) is 107 Å². The molecule has 0 saturated carbocycles. The van der Waals surface area contributed by atoms with Gasteiger partial charge in [0.2, 0.25) is 0 Å². The summed E-state index contributed by atoms with van der Waals surface area (Å²) in [5.41, 5.74) is 5.20. The van der Waals surface area contributed by atoms with Gasteiger partial charge in [0.1, 0.15) is 11.9 Å². The van der Waals surface area contributed by atoms with Gasteiger partial charge in [-0.2, -0.15) is 0 Å². The van der Waals surface area contributed by atoms with E-state index in [4.69, 9.17) is 4.99 Å². The Kier molecular flexibility index (Phi) is 4.34. The predicted octanol–water partition coefficient (Wildman–Crippen LogP) is 4.86. The summed E-state index contributed by atoms with van der Waals surface area (Å²) in [6.45, 7) is 0.894. The van der Waals surface area contributed by atoms with Crippen LogP contribution in [0.5, 0.6) is 0 Å². The fourth-order valence-electron chi connectivity index (χ4n) is 3.46. The van der Waals surface area contributed by atoms with Gasteiger partial charge >= 0.3 is 0 Å². The fourth-order valence-corrected chi connectivity index (χ4v) is 3.46. The number of likely N-dealkylation sites (N-methyl/N-ethyl adjacent to an activating group) is 1. The summed E-state index contributed by atoms with van der Waals surface area (Å²) >= 11 is 0. The monoisotopic (exact) mass is 326 g/mol. The molecule has 3 aromatic rings. The second-order valence-electron chi connectivity index (χ2n) is 6.58. The molecule has 0 aliphatic carbocycles. The lowest BCUT2D eigenvalue weighted by Crippen LogP contribution is -2.27. The summed E-state index contributed by atoms with van der Waals surface area (Å²) in [6, 6.07) is 29.9. The first-order valence-electron chi connectivity index (χ1n) is 8.76. The molecule has 0 saturated heterocycles. The van der Waals surface area contributed by atoms with Crippen molar-refractivity contribution in [3.63, 3.8) is 0 Å². The molecule has 0 fully saturated rings. The van der Waals surface area contributed by atoms with Crippen molar-refractivity contribution >= 4 is 5.84 Å². The Morgan fingerprint density at radius 1 is 0.840 bits per heavy atom. The normalized spacial score (nSPS) is 16.8. The standard InChI is InChI=1S/C23H22N2/c1-25-17-20-14-8-9-15-21(20)23(19-12-6-3-7-13-19)24-22(25)16-18-10-4-2-5-11-18/h2-15,23H,16-17H2,1H3/t23-/m0/s1. The van der Waals surface area contributed by atoms with Gasteiger partial charge in [-0.1, -0.05) is 84.9 Å². The van der Waals surface area contributed by atoms with E-state index in [2.05, 4.69) is 96.9 Å². The number of benzene rings is 3. The molecule has 2 heteroatoms. The van der Waals surface area contributed by atoms with E-state index >= 15 is 0 Å². The maximum absolute atomic E-state index is 5.21. The Balaban J connectivity index is 1.79. The van der Waals surface area contributed by atoms with E-state index in [1.165, 1.54) is 22.3 Å². The summed E-state index contributed by atoms with van der Waals surface area (Å²) < 4.78 is 0. The fraction of sp³-hybridized carbons (Fsp3) is 0.174. The molecule has 0 N–H and O–H groups in total. The summed E-state index contributed by atoms with van der Waals surface area (Å²) in [5, 5.41) is 0. The van der Waals surface area contributed by atoms with Crippen LogP contribution in [-0.4, -0.2) is 17.8 Å². The zero-order valence-electron chi connectivity index (χ0n) is 14.5. The minimum absolute atomic E-state index is 0.0565. The second kappa shape index (κ2) is 6.94. The number of hydrogen-bond donors (Lipinski definition) is 0. The largest absolute Gasteiger partial charge is 0.359 e. The van der Waals surface area contributed by atoms with Crippen molar-refractivity contribution < 1.29 is 0 Å². The molecule has 25 heavy (non-hydrogen) atoms. The quantitative estimate of drug-likeness (QED) is 0.671. The van der Waals surface area contributed by atoms with E-state index in [1.54, 1.807) is 0 Å². The molecule has 0 unspecified atom stereocenters. The molecular weight excluding hydrogens is 304 g/mol. The molecule has 1 aliphatic heterocycles. The van der Waals surface area contributed by atoms with Crippen molar-refractivity contribution in [1.82, 2.24) is 4.90 Å². The Labute approximate surface area is 149 Å². The van der Waals surface area contributed by atoms with Gasteiger partial charge in [-0.05, 0) is 22.3 Å². The van der Waals surface area contributed by atoms with Crippen molar-refractivity contribution in [2.24, 2.45) is 4.99 Å². The Morgan fingerprint density at radius 2 is 1.48 bits per heavy atom. The molecule has 0 spiro atoms. The van der Waals surface area contributed by atoms with Crippen LogP contribution in [0.3, 0.4) is 0 Å². The van der Waals surface area contributed by atoms with Crippen molar-refractivity contribution in [2.75, 3.05) is 7.05 Å². The minimum Gasteiger partial charge on any atom is -0.359 e. The Hall–Kier alpha value is -2.87. The third-order valence-corrected chi connectivity index (χ3v) is 4.80. The lowest BCUT2D eigenvalue weighted by Gasteiger charge is -2.20. The molecule has 0 bridgehead atoms. The van der Waals surface area contributed by atoms with E-state index in [9.17, 15) is 0 Å². The molecule has 0 aromatic heterocycles. The van der Waals surface area contributed by atoms with E-state index in [-0.39, 0.29) is 6.04 Å².